The normalized spacial score (nSPS) is 16.3. The van der Waals surface area contributed by atoms with Crippen LogP contribution >= 0.6 is 0 Å². The second-order valence-corrected chi connectivity index (χ2v) is 4.61. The van der Waals surface area contributed by atoms with E-state index in [0.29, 0.717) is 0 Å². The van der Waals surface area contributed by atoms with Gasteiger partial charge in [-0.05, 0) is 49.0 Å². The molecular formula is C16H21N. The Morgan fingerprint density at radius 1 is 1.29 bits per heavy atom. The number of benzene rings is 1. The summed E-state index contributed by atoms with van der Waals surface area (Å²) < 4.78 is 0. The standard InChI is InChI=1S/C16H21N/c1-4-14(16-10-7-11-17-16)13(3)15-9-6-5-8-12(15)2/h5-6,8-10,17H,4,7,11H2,1-3H3/b14-13+. The van der Waals surface area contributed by atoms with Crippen molar-refractivity contribution in [2.24, 2.45) is 0 Å². The molecule has 0 radical (unpaired) electrons. The van der Waals surface area contributed by atoms with E-state index >= 15 is 0 Å². The lowest BCUT2D eigenvalue weighted by Crippen LogP contribution is -2.10. The predicted octanol–water partition coefficient (Wildman–Crippen LogP) is 4.06. The molecule has 1 heteroatoms. The van der Waals surface area contributed by atoms with E-state index in [1.54, 1.807) is 0 Å². The number of aryl methyl sites for hydroxylation is 1. The van der Waals surface area contributed by atoms with Crippen molar-refractivity contribution < 1.29 is 0 Å². The average molecular weight is 227 g/mol. The Labute approximate surface area is 104 Å². The van der Waals surface area contributed by atoms with E-state index in [2.05, 4.69) is 56.4 Å². The Hall–Kier alpha value is -1.50. The molecule has 0 saturated heterocycles. The number of allylic oxidation sites excluding steroid dienone is 2. The van der Waals surface area contributed by atoms with Crippen molar-refractivity contribution in [1.82, 2.24) is 5.32 Å². The van der Waals surface area contributed by atoms with Gasteiger partial charge in [-0.3, -0.25) is 0 Å². The van der Waals surface area contributed by atoms with Crippen molar-refractivity contribution in [3.8, 4) is 0 Å². The number of hydrogen-bond acceptors (Lipinski definition) is 1. The van der Waals surface area contributed by atoms with Crippen molar-refractivity contribution in [3.63, 3.8) is 0 Å². The topological polar surface area (TPSA) is 12.0 Å². The summed E-state index contributed by atoms with van der Waals surface area (Å²) in [6, 6.07) is 8.62. The molecule has 0 bridgehead atoms. The van der Waals surface area contributed by atoms with Crippen LogP contribution in [0.15, 0.2) is 41.6 Å². The molecule has 1 aliphatic rings. The molecule has 0 aliphatic carbocycles. The fraction of sp³-hybridized carbons (Fsp3) is 0.375. The van der Waals surface area contributed by atoms with E-state index in [4.69, 9.17) is 0 Å². The van der Waals surface area contributed by atoms with Crippen LogP contribution in [-0.2, 0) is 0 Å². The molecule has 1 aliphatic heterocycles. The van der Waals surface area contributed by atoms with Gasteiger partial charge in [0, 0.05) is 12.2 Å². The van der Waals surface area contributed by atoms with Gasteiger partial charge >= 0.3 is 0 Å². The first-order chi connectivity index (χ1) is 8.24. The first-order valence-corrected chi connectivity index (χ1v) is 6.44. The third kappa shape index (κ3) is 2.44. The van der Waals surface area contributed by atoms with Gasteiger partial charge in [0.1, 0.15) is 0 Å². The van der Waals surface area contributed by atoms with Crippen LogP contribution in [0.2, 0.25) is 0 Å². The van der Waals surface area contributed by atoms with Crippen LogP contribution in [0.5, 0.6) is 0 Å². The summed E-state index contributed by atoms with van der Waals surface area (Å²) in [6.07, 6.45) is 4.56. The molecule has 1 heterocycles. The molecule has 2 rings (SSSR count). The van der Waals surface area contributed by atoms with Gasteiger partial charge in [-0.1, -0.05) is 37.3 Å². The maximum Gasteiger partial charge on any atom is 0.0335 e. The molecule has 0 aromatic heterocycles. The van der Waals surface area contributed by atoms with E-state index in [1.807, 2.05) is 0 Å². The summed E-state index contributed by atoms with van der Waals surface area (Å²) in [5.74, 6) is 0. The fourth-order valence-corrected chi connectivity index (χ4v) is 2.54. The van der Waals surface area contributed by atoms with Crippen LogP contribution in [-0.4, -0.2) is 6.54 Å². The Balaban J connectivity index is 2.45. The van der Waals surface area contributed by atoms with Crippen molar-refractivity contribution in [1.29, 1.82) is 0 Å². The van der Waals surface area contributed by atoms with E-state index in [9.17, 15) is 0 Å². The summed E-state index contributed by atoms with van der Waals surface area (Å²) in [7, 11) is 0. The summed E-state index contributed by atoms with van der Waals surface area (Å²) in [6.45, 7) is 7.74. The molecule has 0 unspecified atom stereocenters. The zero-order valence-electron chi connectivity index (χ0n) is 11.0. The van der Waals surface area contributed by atoms with Gasteiger partial charge in [-0.2, -0.15) is 0 Å². The Kier molecular flexibility index (Phi) is 3.68. The lowest BCUT2D eigenvalue weighted by atomic mass is 9.94. The van der Waals surface area contributed by atoms with Gasteiger partial charge in [-0.25, -0.2) is 0 Å². The van der Waals surface area contributed by atoms with Crippen molar-refractivity contribution in [3.05, 3.63) is 52.7 Å². The highest BCUT2D eigenvalue weighted by Gasteiger charge is 2.12. The van der Waals surface area contributed by atoms with Gasteiger partial charge in [0.15, 0.2) is 0 Å². The van der Waals surface area contributed by atoms with Crippen LogP contribution in [0.3, 0.4) is 0 Å². The van der Waals surface area contributed by atoms with Gasteiger partial charge in [0.25, 0.3) is 0 Å². The average Bonchev–Trinajstić information content (AvgIpc) is 2.84. The molecule has 0 spiro atoms. The largest absolute Gasteiger partial charge is 0.385 e. The highest BCUT2D eigenvalue weighted by molar-refractivity contribution is 5.72. The molecule has 1 N–H and O–H groups in total. The van der Waals surface area contributed by atoms with Gasteiger partial charge in [0.05, 0.1) is 0 Å². The lowest BCUT2D eigenvalue weighted by molar-refractivity contribution is 0.868. The minimum atomic E-state index is 1.08. The Bertz CT molecular complexity index is 466. The molecule has 0 atom stereocenters. The van der Waals surface area contributed by atoms with E-state index in [-0.39, 0.29) is 0 Å². The maximum atomic E-state index is 3.48. The number of nitrogens with one attached hydrogen (secondary N) is 1. The Morgan fingerprint density at radius 2 is 2.06 bits per heavy atom. The van der Waals surface area contributed by atoms with Crippen LogP contribution in [0.25, 0.3) is 5.57 Å². The number of rotatable bonds is 3. The van der Waals surface area contributed by atoms with E-state index in [1.165, 1.54) is 28.0 Å². The SMILES string of the molecule is CC/C(C1=CCCN1)=C(/C)c1ccccc1C. The van der Waals surface area contributed by atoms with Crippen molar-refractivity contribution in [2.75, 3.05) is 6.54 Å². The monoisotopic (exact) mass is 227 g/mol. The lowest BCUT2D eigenvalue weighted by Gasteiger charge is -2.14. The second kappa shape index (κ2) is 5.22. The van der Waals surface area contributed by atoms with Crippen LogP contribution in [0.4, 0.5) is 0 Å². The molecule has 0 amide bonds. The summed E-state index contributed by atoms with van der Waals surface area (Å²) in [5.41, 5.74) is 6.94. The molecule has 17 heavy (non-hydrogen) atoms. The molecule has 1 aromatic rings. The van der Waals surface area contributed by atoms with E-state index in [0.717, 1.165) is 19.4 Å². The van der Waals surface area contributed by atoms with Crippen molar-refractivity contribution >= 4 is 5.57 Å². The van der Waals surface area contributed by atoms with Crippen molar-refractivity contribution in [2.45, 2.75) is 33.6 Å². The van der Waals surface area contributed by atoms with Gasteiger partial charge < -0.3 is 5.32 Å². The van der Waals surface area contributed by atoms with Gasteiger partial charge in [-0.15, -0.1) is 0 Å². The third-order valence-corrected chi connectivity index (χ3v) is 3.49. The van der Waals surface area contributed by atoms with Crippen LogP contribution < -0.4 is 5.32 Å². The summed E-state index contributed by atoms with van der Waals surface area (Å²) >= 11 is 0. The quantitative estimate of drug-likeness (QED) is 0.821. The van der Waals surface area contributed by atoms with Crippen LogP contribution in [0, 0.1) is 6.92 Å². The molecule has 90 valence electrons. The Morgan fingerprint density at radius 3 is 2.65 bits per heavy atom. The van der Waals surface area contributed by atoms with Gasteiger partial charge in [0.2, 0.25) is 0 Å². The first-order valence-electron chi connectivity index (χ1n) is 6.44. The molecule has 1 nitrogen and oxygen atoms in total. The zero-order valence-corrected chi connectivity index (χ0v) is 11.0. The molecule has 0 saturated carbocycles. The smallest absolute Gasteiger partial charge is 0.0335 e. The fourth-order valence-electron chi connectivity index (χ4n) is 2.54. The number of hydrogen-bond donors (Lipinski definition) is 1. The predicted molar refractivity (Wildman–Crippen MR) is 74.8 cm³/mol. The van der Waals surface area contributed by atoms with E-state index < -0.39 is 0 Å². The minimum absolute atomic E-state index is 1.08. The highest BCUT2D eigenvalue weighted by atomic mass is 14.9. The molecular weight excluding hydrogens is 206 g/mol. The minimum Gasteiger partial charge on any atom is -0.385 e. The zero-order chi connectivity index (χ0) is 12.3. The second-order valence-electron chi connectivity index (χ2n) is 4.61. The molecule has 0 fully saturated rings. The highest BCUT2D eigenvalue weighted by Crippen LogP contribution is 2.28. The third-order valence-electron chi connectivity index (χ3n) is 3.49. The first kappa shape index (κ1) is 12.0. The maximum absolute atomic E-state index is 3.48. The van der Waals surface area contributed by atoms with Crippen LogP contribution in [0.1, 0.15) is 37.8 Å². The summed E-state index contributed by atoms with van der Waals surface area (Å²) in [5, 5.41) is 3.48. The molecule has 1 aromatic carbocycles. The summed E-state index contributed by atoms with van der Waals surface area (Å²) in [4.78, 5) is 0.